The number of hydrogen-bond acceptors (Lipinski definition) is 7. The van der Waals surface area contributed by atoms with Crippen LogP contribution in [0, 0.1) is 13.8 Å². The summed E-state index contributed by atoms with van der Waals surface area (Å²) in [7, 11) is 0. The van der Waals surface area contributed by atoms with Gasteiger partial charge in [0, 0.05) is 24.7 Å². The highest BCUT2D eigenvalue weighted by molar-refractivity contribution is 5.70. The molecule has 0 aliphatic carbocycles. The third-order valence-electron chi connectivity index (χ3n) is 8.92. The monoisotopic (exact) mass is 656 g/mol. The molecule has 1 unspecified atom stereocenters. The van der Waals surface area contributed by atoms with Crippen LogP contribution in [0.25, 0.3) is 0 Å². The number of rotatable bonds is 9. The van der Waals surface area contributed by atoms with Gasteiger partial charge in [0.1, 0.15) is 23.0 Å². The van der Waals surface area contributed by atoms with Gasteiger partial charge in [-0.05, 0) is 96.1 Å². The number of hydrogen-bond donors (Lipinski definition) is 0. The van der Waals surface area contributed by atoms with Gasteiger partial charge in [-0.3, -0.25) is 9.59 Å². The number of esters is 2. The van der Waals surface area contributed by atoms with Crippen molar-refractivity contribution in [2.75, 3.05) is 0 Å². The molecule has 5 aromatic rings. The summed E-state index contributed by atoms with van der Waals surface area (Å²) in [6, 6.07) is 36.4. The van der Waals surface area contributed by atoms with Crippen molar-refractivity contribution < 1.29 is 33.3 Å². The molecule has 0 saturated carbocycles. The van der Waals surface area contributed by atoms with E-state index >= 15 is 0 Å². The Morgan fingerprint density at radius 2 is 0.878 bits per heavy atom. The fraction of sp³-hybridized carbons (Fsp3) is 0.214. The average Bonchev–Trinajstić information content (AvgIpc) is 3.06. The maximum Gasteiger partial charge on any atom is 0.519 e. The van der Waals surface area contributed by atoms with Gasteiger partial charge in [0.2, 0.25) is 0 Å². The zero-order chi connectivity index (χ0) is 35.3. The normalized spacial score (nSPS) is 12.4. The maximum atomic E-state index is 12.9. The number of benzene rings is 5. The molecule has 0 bridgehead atoms. The van der Waals surface area contributed by atoms with Crippen LogP contribution in [-0.4, -0.2) is 18.1 Å². The molecule has 0 fully saturated rings. The molecule has 0 aliphatic rings. The Morgan fingerprint density at radius 1 is 0.469 bits per heavy atom. The largest absolute Gasteiger partial charge is 0.519 e. The van der Waals surface area contributed by atoms with E-state index in [9.17, 15) is 14.4 Å². The zero-order valence-electron chi connectivity index (χ0n) is 28.8. The van der Waals surface area contributed by atoms with E-state index in [0.717, 1.165) is 38.9 Å². The van der Waals surface area contributed by atoms with E-state index in [2.05, 4.69) is 32.9 Å². The molecule has 7 nitrogen and oxygen atoms in total. The Balaban J connectivity index is 1.31. The van der Waals surface area contributed by atoms with Crippen LogP contribution in [0.4, 0.5) is 4.79 Å². The lowest BCUT2D eigenvalue weighted by Crippen LogP contribution is -2.25. The Bertz CT molecular complexity index is 1980. The highest BCUT2D eigenvalue weighted by Crippen LogP contribution is 2.40. The first-order valence-corrected chi connectivity index (χ1v) is 16.0. The molecule has 0 spiro atoms. The number of carbonyl (C=O) groups excluding carboxylic acids is 3. The summed E-state index contributed by atoms with van der Waals surface area (Å²) in [5.74, 6) is 1.03. The molecule has 1 atom stereocenters. The van der Waals surface area contributed by atoms with E-state index in [1.807, 2.05) is 86.6 Å². The molecule has 0 heterocycles. The molecule has 0 saturated heterocycles. The van der Waals surface area contributed by atoms with E-state index in [4.69, 9.17) is 18.9 Å². The first-order valence-electron chi connectivity index (χ1n) is 16.0. The first-order chi connectivity index (χ1) is 23.3. The highest BCUT2D eigenvalue weighted by Gasteiger charge is 2.31. The van der Waals surface area contributed by atoms with E-state index in [1.54, 1.807) is 30.3 Å². The van der Waals surface area contributed by atoms with Crippen LogP contribution in [0.1, 0.15) is 73.6 Å². The van der Waals surface area contributed by atoms with Gasteiger partial charge in [-0.1, -0.05) is 92.7 Å². The summed E-state index contributed by atoms with van der Waals surface area (Å²) in [5, 5.41) is 0. The molecule has 250 valence electrons. The van der Waals surface area contributed by atoms with Crippen molar-refractivity contribution >= 4 is 18.1 Å². The van der Waals surface area contributed by atoms with Gasteiger partial charge < -0.3 is 18.9 Å². The van der Waals surface area contributed by atoms with Crippen LogP contribution in [0.5, 0.6) is 23.0 Å². The minimum Gasteiger partial charge on any atom is -0.427 e. The predicted octanol–water partition coefficient (Wildman–Crippen LogP) is 9.41. The summed E-state index contributed by atoms with van der Waals surface area (Å²) in [6.07, 6.45) is -0.841. The number of carbonyl (C=O) groups is 3. The molecule has 0 aromatic heterocycles. The van der Waals surface area contributed by atoms with Crippen molar-refractivity contribution in [2.45, 2.75) is 59.3 Å². The smallest absolute Gasteiger partial charge is 0.427 e. The molecular weight excluding hydrogens is 616 g/mol. The zero-order valence-corrected chi connectivity index (χ0v) is 28.8. The maximum absolute atomic E-state index is 12.9. The van der Waals surface area contributed by atoms with Crippen molar-refractivity contribution in [3.05, 3.63) is 154 Å². The summed E-state index contributed by atoms with van der Waals surface area (Å²) in [5.41, 5.74) is 5.86. The molecule has 0 amide bonds. The van der Waals surface area contributed by atoms with Gasteiger partial charge in [0.15, 0.2) is 0 Å². The summed E-state index contributed by atoms with van der Waals surface area (Å²) < 4.78 is 21.7. The van der Waals surface area contributed by atoms with Crippen LogP contribution in [-0.2, 0) is 20.4 Å². The van der Waals surface area contributed by atoms with Gasteiger partial charge in [-0.25, -0.2) is 4.79 Å². The minimum atomic E-state index is -0.841. The predicted molar refractivity (Wildman–Crippen MR) is 189 cm³/mol. The van der Waals surface area contributed by atoms with E-state index in [0.29, 0.717) is 23.0 Å². The second kappa shape index (κ2) is 14.2. The van der Waals surface area contributed by atoms with Crippen LogP contribution >= 0.6 is 0 Å². The van der Waals surface area contributed by atoms with Crippen molar-refractivity contribution in [1.82, 2.24) is 0 Å². The molecule has 0 aliphatic heterocycles. The number of ether oxygens (including phenoxy) is 4. The molecule has 0 radical (unpaired) electrons. The molecule has 7 heteroatoms. The third-order valence-corrected chi connectivity index (χ3v) is 8.92. The van der Waals surface area contributed by atoms with E-state index in [-0.39, 0.29) is 17.4 Å². The average molecular weight is 657 g/mol. The second-order valence-electron chi connectivity index (χ2n) is 12.8. The molecule has 5 aromatic carbocycles. The number of aryl methyl sites for hydroxylation is 2. The van der Waals surface area contributed by atoms with Gasteiger partial charge in [-0.2, -0.15) is 0 Å². The van der Waals surface area contributed by atoms with Crippen LogP contribution in [0.2, 0.25) is 0 Å². The van der Waals surface area contributed by atoms with Crippen molar-refractivity contribution in [1.29, 1.82) is 0 Å². The van der Waals surface area contributed by atoms with Crippen molar-refractivity contribution in [2.24, 2.45) is 0 Å². The molecule has 0 N–H and O–H groups in total. The Kier molecular flexibility index (Phi) is 10.0. The van der Waals surface area contributed by atoms with Crippen molar-refractivity contribution in [3.63, 3.8) is 0 Å². The SMILES string of the molecule is CC(=O)Oc1ccc(C(C)(c2ccccc2)c2ccc(OC(=O)Oc3ccc(C(C)(C)c4ccc(OC(C)=O)c(C)c4)cc3C)cc2)cc1. The van der Waals surface area contributed by atoms with Gasteiger partial charge >= 0.3 is 18.1 Å². The Labute approximate surface area is 287 Å². The summed E-state index contributed by atoms with van der Waals surface area (Å²) in [6.45, 7) is 12.9. The lowest BCUT2D eigenvalue weighted by Gasteiger charge is -2.32. The topological polar surface area (TPSA) is 88.1 Å². The Morgan fingerprint density at radius 3 is 1.33 bits per heavy atom. The lowest BCUT2D eigenvalue weighted by atomic mass is 9.71. The van der Waals surface area contributed by atoms with Gasteiger partial charge in [0.05, 0.1) is 0 Å². The Hall–Kier alpha value is -5.69. The lowest BCUT2D eigenvalue weighted by molar-refractivity contribution is -0.132. The summed E-state index contributed by atoms with van der Waals surface area (Å²) >= 11 is 0. The van der Waals surface area contributed by atoms with Gasteiger partial charge in [-0.15, -0.1) is 0 Å². The molecule has 5 rings (SSSR count). The molecular formula is C42H40O7. The van der Waals surface area contributed by atoms with Crippen LogP contribution in [0.3, 0.4) is 0 Å². The van der Waals surface area contributed by atoms with Crippen LogP contribution in [0.15, 0.2) is 115 Å². The quantitative estimate of drug-likeness (QED) is 0.0676. The third kappa shape index (κ3) is 7.73. The van der Waals surface area contributed by atoms with Gasteiger partial charge in [0.25, 0.3) is 0 Å². The molecule has 49 heavy (non-hydrogen) atoms. The van der Waals surface area contributed by atoms with Crippen molar-refractivity contribution in [3.8, 4) is 23.0 Å². The van der Waals surface area contributed by atoms with E-state index in [1.165, 1.54) is 13.8 Å². The second-order valence-corrected chi connectivity index (χ2v) is 12.8. The van der Waals surface area contributed by atoms with Crippen LogP contribution < -0.4 is 18.9 Å². The highest BCUT2D eigenvalue weighted by atomic mass is 16.7. The standard InChI is InChI=1S/C42H40O7/c1-27-25-34(17-23-38(27)47-30(4)44)41(5,6)35-18-24-39(28(2)26-35)49-40(45)48-37-21-15-33(16-22-37)42(7,31-11-9-8-10-12-31)32-13-19-36(20-14-32)46-29(3)43/h8-26H,1-7H3. The first kappa shape index (κ1) is 34.6. The minimum absolute atomic E-state index is 0.345. The van der Waals surface area contributed by atoms with E-state index < -0.39 is 11.6 Å². The fourth-order valence-corrected chi connectivity index (χ4v) is 5.98. The summed E-state index contributed by atoms with van der Waals surface area (Å²) in [4.78, 5) is 35.7. The fourth-order valence-electron chi connectivity index (χ4n) is 5.98.